The van der Waals surface area contributed by atoms with Crippen molar-refractivity contribution in [1.82, 2.24) is 15.0 Å². The lowest BCUT2D eigenvalue weighted by Crippen LogP contribution is -2.10. The minimum Gasteiger partial charge on any atom is -0.495 e. The first-order valence-corrected chi connectivity index (χ1v) is 12.4. The van der Waals surface area contributed by atoms with Crippen LogP contribution >= 0.6 is 7.14 Å². The van der Waals surface area contributed by atoms with E-state index in [-0.39, 0.29) is 22.8 Å². The summed E-state index contributed by atoms with van der Waals surface area (Å²) in [5.41, 5.74) is -0.260. The van der Waals surface area contributed by atoms with Crippen LogP contribution in [0.3, 0.4) is 0 Å². The zero-order chi connectivity index (χ0) is 22.8. The molecule has 0 fully saturated rings. The summed E-state index contributed by atoms with van der Waals surface area (Å²) >= 11 is 0. The summed E-state index contributed by atoms with van der Waals surface area (Å²) in [4.78, 5) is 11.1. The van der Waals surface area contributed by atoms with Crippen LogP contribution in [0.15, 0.2) is 24.4 Å². The molecule has 0 saturated heterocycles. The zero-order valence-electron chi connectivity index (χ0n) is 17.7. The predicted octanol–water partition coefficient (Wildman–Crippen LogP) is 5.19. The van der Waals surface area contributed by atoms with E-state index in [0.29, 0.717) is 23.3 Å². The van der Waals surface area contributed by atoms with Gasteiger partial charge < -0.3 is 24.9 Å². The number of rotatable bonds is 8. The van der Waals surface area contributed by atoms with E-state index < -0.39 is 18.9 Å². The van der Waals surface area contributed by atoms with E-state index in [4.69, 9.17) is 4.74 Å². The first kappa shape index (κ1) is 22.9. The highest BCUT2D eigenvalue weighted by Crippen LogP contribution is 2.39. The van der Waals surface area contributed by atoms with Gasteiger partial charge in [-0.15, -0.1) is 0 Å². The maximum atomic E-state index is 13.4. The van der Waals surface area contributed by atoms with E-state index in [1.807, 2.05) is 6.92 Å². The molecule has 3 rings (SSSR count). The van der Waals surface area contributed by atoms with Crippen molar-refractivity contribution in [2.75, 3.05) is 37.6 Å². The van der Waals surface area contributed by atoms with Crippen LogP contribution in [0.4, 0.5) is 30.6 Å². The molecule has 0 radical (unpaired) electrons. The van der Waals surface area contributed by atoms with E-state index >= 15 is 0 Å². The Morgan fingerprint density at radius 1 is 1.23 bits per heavy atom. The predicted molar refractivity (Wildman–Crippen MR) is 118 cm³/mol. The molecular formula is C20H25F3N5O2P. The molecule has 1 aromatic carbocycles. The molecule has 2 aromatic heterocycles. The van der Waals surface area contributed by atoms with Gasteiger partial charge in [0.1, 0.15) is 24.4 Å². The van der Waals surface area contributed by atoms with Gasteiger partial charge in [0, 0.05) is 18.0 Å². The molecule has 0 unspecified atom stereocenters. The number of aromatic nitrogens is 3. The average Bonchev–Trinajstić information content (AvgIpc) is 3.12. The maximum Gasteiger partial charge on any atom is 0.418 e. The summed E-state index contributed by atoms with van der Waals surface area (Å²) in [6, 6.07) is 5.06. The van der Waals surface area contributed by atoms with Crippen molar-refractivity contribution >= 4 is 40.9 Å². The second-order valence-electron chi connectivity index (χ2n) is 7.46. The Labute approximate surface area is 178 Å². The lowest BCUT2D eigenvalue weighted by molar-refractivity contribution is -0.136. The molecule has 11 heteroatoms. The Bertz CT molecular complexity index is 1120. The summed E-state index contributed by atoms with van der Waals surface area (Å²) in [5, 5.41) is 6.53. The Morgan fingerprint density at radius 3 is 2.58 bits per heavy atom. The number of aromatic amines is 1. The van der Waals surface area contributed by atoms with Crippen molar-refractivity contribution in [2.24, 2.45) is 0 Å². The normalized spacial score (nSPS) is 12.2. The number of anilines is 3. The van der Waals surface area contributed by atoms with Gasteiger partial charge in [0.25, 0.3) is 0 Å². The molecule has 0 bridgehead atoms. The molecule has 7 nitrogen and oxygen atoms in total. The van der Waals surface area contributed by atoms with Crippen LogP contribution in [0.2, 0.25) is 0 Å². The van der Waals surface area contributed by atoms with Crippen LogP contribution in [-0.2, 0) is 10.7 Å². The number of halogens is 3. The maximum absolute atomic E-state index is 13.4. The second-order valence-corrected chi connectivity index (χ2v) is 10.7. The molecule has 2 heterocycles. The highest BCUT2D eigenvalue weighted by Gasteiger charge is 2.35. The number of alkyl halides is 3. The molecule has 168 valence electrons. The van der Waals surface area contributed by atoms with Gasteiger partial charge in [-0.25, -0.2) is 0 Å². The summed E-state index contributed by atoms with van der Waals surface area (Å²) < 4.78 is 58.1. The van der Waals surface area contributed by atoms with Crippen LogP contribution in [0.1, 0.15) is 25.3 Å². The Morgan fingerprint density at radius 2 is 1.97 bits per heavy atom. The molecule has 0 saturated carbocycles. The molecule has 0 aliphatic rings. The largest absolute Gasteiger partial charge is 0.495 e. The number of nitrogens with zero attached hydrogens (tertiary/aromatic N) is 2. The van der Waals surface area contributed by atoms with Gasteiger partial charge >= 0.3 is 6.18 Å². The summed E-state index contributed by atoms with van der Waals surface area (Å²) in [7, 11) is -1.02. The summed E-state index contributed by atoms with van der Waals surface area (Å²) in [5.74, 6) is 0.620. The van der Waals surface area contributed by atoms with E-state index in [0.717, 1.165) is 19.0 Å². The molecule has 3 aromatic rings. The van der Waals surface area contributed by atoms with Gasteiger partial charge in [0.2, 0.25) is 5.95 Å². The fourth-order valence-electron chi connectivity index (χ4n) is 3.06. The first-order valence-electron chi connectivity index (χ1n) is 9.75. The fraction of sp³-hybridized carbons (Fsp3) is 0.400. The molecule has 0 spiro atoms. The third-order valence-corrected chi connectivity index (χ3v) is 6.23. The van der Waals surface area contributed by atoms with Crippen LogP contribution in [0.25, 0.3) is 11.0 Å². The smallest absolute Gasteiger partial charge is 0.418 e. The first-order chi connectivity index (χ1) is 14.5. The minimum atomic E-state index is -4.54. The number of H-pyrrole nitrogens is 1. The van der Waals surface area contributed by atoms with Gasteiger partial charge in [-0.3, -0.25) is 0 Å². The van der Waals surface area contributed by atoms with E-state index in [9.17, 15) is 17.7 Å². The molecule has 0 amide bonds. The van der Waals surface area contributed by atoms with Crippen molar-refractivity contribution < 1.29 is 22.5 Å². The van der Waals surface area contributed by atoms with Crippen molar-refractivity contribution in [3.05, 3.63) is 30.0 Å². The van der Waals surface area contributed by atoms with Crippen molar-refractivity contribution in [2.45, 2.75) is 25.9 Å². The molecule has 3 N–H and O–H groups in total. The van der Waals surface area contributed by atoms with Gasteiger partial charge in [0.05, 0.1) is 23.7 Å². The van der Waals surface area contributed by atoms with Crippen LogP contribution in [-0.4, -0.2) is 41.9 Å². The van der Waals surface area contributed by atoms with Crippen LogP contribution < -0.4 is 20.7 Å². The van der Waals surface area contributed by atoms with E-state index in [2.05, 4.69) is 25.6 Å². The van der Waals surface area contributed by atoms with Gasteiger partial charge in [-0.1, -0.05) is 13.3 Å². The highest BCUT2D eigenvalue weighted by molar-refractivity contribution is 7.70. The number of benzene rings is 1. The number of unbranched alkanes of at least 4 members (excludes halogenated alkanes) is 1. The number of fused-ring (bicyclic) bond motifs is 1. The SMILES string of the molecule is CCCCNc1nc(Nc2ccc(P(C)(C)=O)cc2OC)nc2[nH]cc(C(F)(F)F)c12. The fourth-order valence-corrected chi connectivity index (χ4v) is 3.92. The lowest BCUT2D eigenvalue weighted by Gasteiger charge is -2.15. The Balaban J connectivity index is 2.04. The third-order valence-electron chi connectivity index (χ3n) is 4.71. The molecule has 0 aliphatic carbocycles. The number of nitrogens with one attached hydrogen (secondary N) is 3. The van der Waals surface area contributed by atoms with Crippen molar-refractivity contribution in [3.8, 4) is 5.75 Å². The standard InChI is InChI=1S/C20H25F3N5O2P/c1-5-6-9-24-17-16-13(20(21,22)23)11-25-18(16)28-19(27-17)26-14-8-7-12(31(3,4)29)10-15(14)30-2/h7-8,10-11H,5-6,9H2,1-4H3,(H3,24,25,26,27,28). The van der Waals surface area contributed by atoms with Crippen LogP contribution in [0, 0.1) is 0 Å². The van der Waals surface area contributed by atoms with Crippen molar-refractivity contribution in [1.29, 1.82) is 0 Å². The molecule has 31 heavy (non-hydrogen) atoms. The van der Waals surface area contributed by atoms with Crippen molar-refractivity contribution in [3.63, 3.8) is 0 Å². The Hall–Kier alpha value is -2.74. The van der Waals surface area contributed by atoms with Crippen LogP contribution in [0.5, 0.6) is 5.75 Å². The molecular weight excluding hydrogens is 430 g/mol. The number of methoxy groups -OCH3 is 1. The third kappa shape index (κ3) is 5.12. The number of hydrogen-bond acceptors (Lipinski definition) is 6. The molecule has 0 aliphatic heterocycles. The highest BCUT2D eigenvalue weighted by atomic mass is 31.2. The van der Waals surface area contributed by atoms with Gasteiger partial charge in [0.15, 0.2) is 0 Å². The summed E-state index contributed by atoms with van der Waals surface area (Å²) in [6.45, 7) is 5.78. The molecule has 0 atom stereocenters. The summed E-state index contributed by atoms with van der Waals surface area (Å²) in [6.07, 6.45) is -1.98. The van der Waals surface area contributed by atoms with Gasteiger partial charge in [-0.05, 0) is 37.9 Å². The lowest BCUT2D eigenvalue weighted by atomic mass is 10.2. The minimum absolute atomic E-state index is 0.0611. The quantitative estimate of drug-likeness (QED) is 0.320. The zero-order valence-corrected chi connectivity index (χ0v) is 18.6. The Kier molecular flexibility index (Phi) is 6.50. The second kappa shape index (κ2) is 8.78. The average molecular weight is 455 g/mol. The number of ether oxygens (including phenoxy) is 1. The monoisotopic (exact) mass is 455 g/mol. The van der Waals surface area contributed by atoms with E-state index in [1.165, 1.54) is 7.11 Å². The number of hydrogen-bond donors (Lipinski definition) is 3. The topological polar surface area (TPSA) is 91.9 Å². The van der Waals surface area contributed by atoms with Gasteiger partial charge in [-0.2, -0.15) is 23.1 Å². The van der Waals surface area contributed by atoms with E-state index in [1.54, 1.807) is 31.5 Å².